The fourth-order valence-electron chi connectivity index (χ4n) is 2.75. The minimum Gasteiger partial charge on any atom is -0.489 e. The van der Waals surface area contributed by atoms with Crippen molar-refractivity contribution in [3.63, 3.8) is 0 Å². The Kier molecular flexibility index (Phi) is 8.43. The van der Waals surface area contributed by atoms with Gasteiger partial charge in [0, 0.05) is 17.5 Å². The number of rotatable bonds is 10. The molecule has 2 aromatic rings. The molecule has 0 fully saturated rings. The van der Waals surface area contributed by atoms with Gasteiger partial charge in [0.15, 0.2) is 0 Å². The molecule has 0 saturated heterocycles. The zero-order valence-electron chi connectivity index (χ0n) is 17.4. The second-order valence-corrected chi connectivity index (χ2v) is 7.53. The molecule has 156 valence electrons. The Hall–Kier alpha value is -2.63. The van der Waals surface area contributed by atoms with Crippen molar-refractivity contribution in [3.05, 3.63) is 76.2 Å². The minimum absolute atomic E-state index is 0.0533. The van der Waals surface area contributed by atoms with Crippen molar-refractivity contribution in [2.75, 3.05) is 13.2 Å². The van der Waals surface area contributed by atoms with E-state index in [2.05, 4.69) is 0 Å². The van der Waals surface area contributed by atoms with E-state index < -0.39 is 5.60 Å². The maximum absolute atomic E-state index is 11.3. The van der Waals surface area contributed by atoms with Gasteiger partial charge >= 0.3 is 5.63 Å². The van der Waals surface area contributed by atoms with Gasteiger partial charge in [-0.3, -0.25) is 0 Å². The number of hydrogen-bond acceptors (Lipinski definition) is 5. The van der Waals surface area contributed by atoms with E-state index in [-0.39, 0.29) is 12.2 Å². The maximum atomic E-state index is 11.3. The molecule has 0 saturated carbocycles. The zero-order chi connectivity index (χ0) is 21.3. The zero-order valence-corrected chi connectivity index (χ0v) is 17.4. The van der Waals surface area contributed by atoms with Crippen molar-refractivity contribution >= 4 is 11.0 Å². The molecule has 2 rings (SSSR count). The fourth-order valence-corrected chi connectivity index (χ4v) is 2.75. The van der Waals surface area contributed by atoms with E-state index in [9.17, 15) is 9.90 Å². The average Bonchev–Trinajstić information content (AvgIpc) is 2.67. The first-order chi connectivity index (χ1) is 13.8. The highest BCUT2D eigenvalue weighted by Crippen LogP contribution is 2.20. The number of hydrogen-bond donors (Lipinski definition) is 2. The first kappa shape index (κ1) is 22.7. The molecule has 1 heterocycles. The Bertz CT molecular complexity index is 947. The predicted molar refractivity (Wildman–Crippen MR) is 116 cm³/mol. The van der Waals surface area contributed by atoms with Crippen molar-refractivity contribution < 1.29 is 19.4 Å². The van der Waals surface area contributed by atoms with Crippen LogP contribution >= 0.6 is 0 Å². The molecule has 29 heavy (non-hydrogen) atoms. The van der Waals surface area contributed by atoms with E-state index in [4.69, 9.17) is 14.3 Å². The highest BCUT2D eigenvalue weighted by atomic mass is 16.5. The molecule has 1 aromatic heterocycles. The maximum Gasteiger partial charge on any atom is 0.336 e. The van der Waals surface area contributed by atoms with Crippen LogP contribution in [0.4, 0.5) is 0 Å². The summed E-state index contributed by atoms with van der Waals surface area (Å²) in [7, 11) is 0. The topological polar surface area (TPSA) is 79.9 Å². The lowest BCUT2D eigenvalue weighted by Crippen LogP contribution is -2.20. The molecular formula is C24H30O5. The molecule has 0 bridgehead atoms. The van der Waals surface area contributed by atoms with Crippen LogP contribution in [-0.4, -0.2) is 29.0 Å². The van der Waals surface area contributed by atoms with Gasteiger partial charge < -0.3 is 19.4 Å². The Labute approximate surface area is 171 Å². The van der Waals surface area contributed by atoms with E-state index >= 15 is 0 Å². The SMILES string of the molecule is CC(=CCC[C@@](C)(O)C=CCC(C)=CCOc1ccc2ccc(=O)oc2c1)CO. The van der Waals surface area contributed by atoms with E-state index in [1.165, 1.54) is 6.07 Å². The predicted octanol–water partition coefficient (Wildman–Crippen LogP) is 4.53. The molecule has 0 amide bonds. The fraction of sp³-hybridized carbons (Fsp3) is 0.375. The first-order valence-corrected chi connectivity index (χ1v) is 9.78. The summed E-state index contributed by atoms with van der Waals surface area (Å²) in [5.74, 6) is 0.639. The lowest BCUT2D eigenvalue weighted by atomic mass is 9.98. The Morgan fingerprint density at radius 2 is 1.93 bits per heavy atom. The van der Waals surface area contributed by atoms with E-state index in [0.717, 1.165) is 29.4 Å². The monoisotopic (exact) mass is 398 g/mol. The highest BCUT2D eigenvalue weighted by Gasteiger charge is 2.14. The smallest absolute Gasteiger partial charge is 0.336 e. The standard InChI is InChI=1S/C24H30O5/c1-18(6-4-13-24(3,27)14-5-7-19(2)17-25)12-15-28-21-10-8-20-9-11-23(26)29-22(20)16-21/h4,7-13,16,25,27H,5-6,14-15,17H2,1-3H3/t24-/m0/s1. The van der Waals surface area contributed by atoms with Crippen LogP contribution in [0.3, 0.4) is 0 Å². The second-order valence-electron chi connectivity index (χ2n) is 7.53. The molecular weight excluding hydrogens is 368 g/mol. The summed E-state index contributed by atoms with van der Waals surface area (Å²) < 4.78 is 10.9. The van der Waals surface area contributed by atoms with Crippen LogP contribution in [-0.2, 0) is 0 Å². The van der Waals surface area contributed by atoms with E-state index in [1.807, 2.05) is 50.3 Å². The van der Waals surface area contributed by atoms with E-state index in [0.29, 0.717) is 24.4 Å². The van der Waals surface area contributed by atoms with Crippen LogP contribution in [0.1, 0.15) is 40.0 Å². The Balaban J connectivity index is 1.82. The molecule has 0 unspecified atom stereocenters. The van der Waals surface area contributed by atoms with Crippen molar-refractivity contribution in [2.24, 2.45) is 0 Å². The number of aliphatic hydroxyl groups is 2. The van der Waals surface area contributed by atoms with Crippen LogP contribution in [0.15, 0.2) is 75.0 Å². The van der Waals surface area contributed by atoms with Gasteiger partial charge in [0.2, 0.25) is 0 Å². The first-order valence-electron chi connectivity index (χ1n) is 9.78. The average molecular weight is 398 g/mol. The summed E-state index contributed by atoms with van der Waals surface area (Å²) in [6.07, 6.45) is 9.75. The number of fused-ring (bicyclic) bond motifs is 1. The normalized spacial score (nSPS) is 15.1. The summed E-state index contributed by atoms with van der Waals surface area (Å²) in [5.41, 5.74) is 1.29. The van der Waals surface area contributed by atoms with Gasteiger partial charge in [-0.1, -0.05) is 29.4 Å². The number of benzene rings is 1. The third kappa shape index (κ3) is 8.10. The molecule has 0 radical (unpaired) electrons. The molecule has 0 aliphatic rings. The van der Waals surface area contributed by atoms with Crippen LogP contribution in [0.25, 0.3) is 11.0 Å². The van der Waals surface area contributed by atoms with Gasteiger partial charge in [-0.05, 0) is 64.3 Å². The lowest BCUT2D eigenvalue weighted by molar-refractivity contribution is 0.103. The summed E-state index contributed by atoms with van der Waals surface area (Å²) in [5, 5.41) is 20.2. The minimum atomic E-state index is -0.877. The Morgan fingerprint density at radius 3 is 2.69 bits per heavy atom. The highest BCUT2D eigenvalue weighted by molar-refractivity contribution is 5.77. The summed E-state index contributed by atoms with van der Waals surface area (Å²) in [6.45, 7) is 6.12. The summed E-state index contributed by atoms with van der Waals surface area (Å²) in [6, 6.07) is 8.53. The van der Waals surface area contributed by atoms with Crippen molar-refractivity contribution in [2.45, 2.75) is 45.6 Å². The van der Waals surface area contributed by atoms with Gasteiger partial charge in [-0.25, -0.2) is 4.79 Å². The summed E-state index contributed by atoms with van der Waals surface area (Å²) >= 11 is 0. The van der Waals surface area contributed by atoms with Crippen LogP contribution < -0.4 is 10.4 Å². The number of aliphatic hydroxyl groups excluding tert-OH is 1. The van der Waals surface area contributed by atoms with Crippen molar-refractivity contribution in [3.8, 4) is 5.75 Å². The Morgan fingerprint density at radius 1 is 1.17 bits per heavy atom. The third-order valence-corrected chi connectivity index (χ3v) is 4.59. The van der Waals surface area contributed by atoms with Crippen molar-refractivity contribution in [1.29, 1.82) is 0 Å². The van der Waals surface area contributed by atoms with Crippen LogP contribution in [0.5, 0.6) is 5.75 Å². The van der Waals surface area contributed by atoms with Crippen LogP contribution in [0.2, 0.25) is 0 Å². The molecule has 0 aliphatic heterocycles. The van der Waals surface area contributed by atoms with Gasteiger partial charge in [0.25, 0.3) is 0 Å². The largest absolute Gasteiger partial charge is 0.489 e. The second kappa shape index (κ2) is 10.8. The third-order valence-electron chi connectivity index (χ3n) is 4.59. The summed E-state index contributed by atoms with van der Waals surface area (Å²) in [4.78, 5) is 11.3. The molecule has 0 spiro atoms. The lowest BCUT2D eigenvalue weighted by Gasteiger charge is -2.18. The van der Waals surface area contributed by atoms with Gasteiger partial charge in [0.05, 0.1) is 12.2 Å². The van der Waals surface area contributed by atoms with Crippen molar-refractivity contribution in [1.82, 2.24) is 0 Å². The van der Waals surface area contributed by atoms with Gasteiger partial charge in [0.1, 0.15) is 17.9 Å². The molecule has 1 atom stereocenters. The number of allylic oxidation sites excluding steroid dienone is 3. The molecule has 0 aliphatic carbocycles. The molecule has 5 heteroatoms. The molecule has 5 nitrogen and oxygen atoms in total. The molecule has 1 aromatic carbocycles. The quantitative estimate of drug-likeness (QED) is 0.454. The van der Waals surface area contributed by atoms with Gasteiger partial charge in [-0.2, -0.15) is 0 Å². The van der Waals surface area contributed by atoms with E-state index in [1.54, 1.807) is 19.1 Å². The number of ether oxygens (including phenoxy) is 1. The van der Waals surface area contributed by atoms with Crippen LogP contribution in [0, 0.1) is 0 Å². The molecule has 2 N–H and O–H groups in total. The van der Waals surface area contributed by atoms with Gasteiger partial charge in [-0.15, -0.1) is 0 Å².